The summed E-state index contributed by atoms with van der Waals surface area (Å²) in [4.78, 5) is 19.2. The normalized spacial score (nSPS) is 11.6. The zero-order valence-electron chi connectivity index (χ0n) is 11.4. The molecule has 3 rings (SSSR count). The van der Waals surface area contributed by atoms with Crippen LogP contribution in [0.4, 0.5) is 13.2 Å². The van der Waals surface area contributed by atoms with E-state index >= 15 is 0 Å². The van der Waals surface area contributed by atoms with Crippen molar-refractivity contribution in [1.82, 2.24) is 14.4 Å². The van der Waals surface area contributed by atoms with Crippen LogP contribution in [0.25, 0.3) is 17.0 Å². The molecule has 6 nitrogen and oxygen atoms in total. The average molecular weight is 322 g/mol. The maximum Gasteiger partial charge on any atom is 0.573 e. The standard InChI is InChI=1S/C14H9F3N4O2/c15-14(16,17)23-9-3-1-2-8(6-9)11-7-21-5-4-10(12(18)22)19-13(21)20-11/h1-7H,(H2,18,22). The predicted molar refractivity (Wildman–Crippen MR) is 73.6 cm³/mol. The Morgan fingerprint density at radius 2 is 2.00 bits per heavy atom. The highest BCUT2D eigenvalue weighted by atomic mass is 19.4. The van der Waals surface area contributed by atoms with Crippen LogP contribution in [-0.2, 0) is 0 Å². The van der Waals surface area contributed by atoms with Gasteiger partial charge >= 0.3 is 6.36 Å². The molecule has 0 unspecified atom stereocenters. The molecule has 0 atom stereocenters. The molecule has 9 heteroatoms. The minimum Gasteiger partial charge on any atom is -0.406 e. The summed E-state index contributed by atoms with van der Waals surface area (Å²) in [6, 6.07) is 6.83. The van der Waals surface area contributed by atoms with Crippen LogP contribution in [0.1, 0.15) is 10.5 Å². The zero-order valence-corrected chi connectivity index (χ0v) is 11.4. The Bertz CT molecular complexity index is 889. The molecule has 0 radical (unpaired) electrons. The summed E-state index contributed by atoms with van der Waals surface area (Å²) in [7, 11) is 0. The number of imidazole rings is 1. The van der Waals surface area contributed by atoms with Crippen LogP contribution in [0.15, 0.2) is 42.7 Å². The summed E-state index contributed by atoms with van der Waals surface area (Å²) < 4.78 is 42.2. The summed E-state index contributed by atoms with van der Waals surface area (Å²) in [5, 5.41) is 0. The molecule has 0 fully saturated rings. The molecule has 0 aliphatic rings. The van der Waals surface area contributed by atoms with Gasteiger partial charge in [0.05, 0.1) is 5.69 Å². The van der Waals surface area contributed by atoms with Crippen molar-refractivity contribution in [3.05, 3.63) is 48.4 Å². The molecule has 0 bridgehead atoms. The van der Waals surface area contributed by atoms with Gasteiger partial charge in [0.15, 0.2) is 0 Å². The monoisotopic (exact) mass is 322 g/mol. The molecule has 118 valence electrons. The molecule has 0 spiro atoms. The number of fused-ring (bicyclic) bond motifs is 1. The Morgan fingerprint density at radius 3 is 2.70 bits per heavy atom. The minimum absolute atomic E-state index is 0.0452. The molecule has 2 heterocycles. The molecular weight excluding hydrogens is 313 g/mol. The maximum absolute atomic E-state index is 12.3. The number of benzene rings is 1. The number of nitrogens with zero attached hydrogens (tertiary/aromatic N) is 3. The number of nitrogens with two attached hydrogens (primary N) is 1. The number of aromatic nitrogens is 3. The topological polar surface area (TPSA) is 82.5 Å². The van der Waals surface area contributed by atoms with Crippen molar-refractivity contribution in [2.45, 2.75) is 6.36 Å². The van der Waals surface area contributed by atoms with Gasteiger partial charge in [-0.15, -0.1) is 13.2 Å². The number of carbonyl (C=O) groups is 1. The smallest absolute Gasteiger partial charge is 0.406 e. The van der Waals surface area contributed by atoms with E-state index in [0.29, 0.717) is 11.3 Å². The summed E-state index contributed by atoms with van der Waals surface area (Å²) in [5.74, 6) is -0.839. The van der Waals surface area contributed by atoms with Crippen molar-refractivity contribution in [2.75, 3.05) is 0 Å². The third-order valence-corrected chi connectivity index (χ3v) is 2.94. The van der Waals surface area contributed by atoms with Gasteiger partial charge in [-0.2, -0.15) is 0 Å². The molecule has 0 saturated heterocycles. The zero-order chi connectivity index (χ0) is 16.6. The van der Waals surface area contributed by atoms with Crippen molar-refractivity contribution < 1.29 is 22.7 Å². The van der Waals surface area contributed by atoms with Crippen LogP contribution >= 0.6 is 0 Å². The number of carbonyl (C=O) groups excluding carboxylic acids is 1. The van der Waals surface area contributed by atoms with Gasteiger partial charge in [-0.25, -0.2) is 9.97 Å². The van der Waals surface area contributed by atoms with Gasteiger partial charge in [0.25, 0.3) is 5.91 Å². The van der Waals surface area contributed by atoms with Crippen LogP contribution in [0.3, 0.4) is 0 Å². The number of ether oxygens (including phenoxy) is 1. The van der Waals surface area contributed by atoms with Crippen LogP contribution in [0.2, 0.25) is 0 Å². The Hall–Kier alpha value is -3.10. The van der Waals surface area contributed by atoms with Gasteiger partial charge in [-0.3, -0.25) is 9.20 Å². The molecule has 2 aromatic heterocycles. The van der Waals surface area contributed by atoms with Crippen molar-refractivity contribution in [1.29, 1.82) is 0 Å². The van der Waals surface area contributed by atoms with Crippen LogP contribution in [-0.4, -0.2) is 26.6 Å². The second-order valence-electron chi connectivity index (χ2n) is 4.59. The third kappa shape index (κ3) is 3.23. The highest BCUT2D eigenvalue weighted by Crippen LogP contribution is 2.27. The summed E-state index contributed by atoms with van der Waals surface area (Å²) >= 11 is 0. The first-order valence-corrected chi connectivity index (χ1v) is 6.33. The van der Waals surface area contributed by atoms with Crippen molar-refractivity contribution >= 4 is 11.7 Å². The Labute approximate surface area is 127 Å². The fourth-order valence-corrected chi connectivity index (χ4v) is 2.00. The van der Waals surface area contributed by atoms with E-state index in [9.17, 15) is 18.0 Å². The molecule has 0 aliphatic heterocycles. The highest BCUT2D eigenvalue weighted by molar-refractivity contribution is 5.91. The Morgan fingerprint density at radius 1 is 1.22 bits per heavy atom. The third-order valence-electron chi connectivity index (χ3n) is 2.94. The first-order chi connectivity index (χ1) is 10.8. The molecular formula is C14H9F3N4O2. The van der Waals surface area contributed by atoms with Crippen molar-refractivity contribution in [3.8, 4) is 17.0 Å². The lowest BCUT2D eigenvalue weighted by Gasteiger charge is -2.09. The Balaban J connectivity index is 2.00. The maximum atomic E-state index is 12.3. The van der Waals surface area contributed by atoms with E-state index < -0.39 is 12.3 Å². The summed E-state index contributed by atoms with van der Waals surface area (Å²) in [5.41, 5.74) is 5.98. The molecule has 1 amide bonds. The van der Waals surface area contributed by atoms with Gasteiger partial charge in [0.1, 0.15) is 11.4 Å². The molecule has 0 aliphatic carbocycles. The summed E-state index contributed by atoms with van der Waals surface area (Å²) in [6.45, 7) is 0. The molecule has 1 aromatic carbocycles. The van der Waals surface area contributed by atoms with Gasteiger partial charge in [0.2, 0.25) is 5.78 Å². The lowest BCUT2D eigenvalue weighted by atomic mass is 10.1. The van der Waals surface area contributed by atoms with E-state index in [2.05, 4.69) is 14.7 Å². The van der Waals surface area contributed by atoms with Gasteiger partial charge in [-0.05, 0) is 18.2 Å². The molecule has 23 heavy (non-hydrogen) atoms. The number of amides is 1. The highest BCUT2D eigenvalue weighted by Gasteiger charge is 2.31. The lowest BCUT2D eigenvalue weighted by Crippen LogP contribution is -2.17. The van der Waals surface area contributed by atoms with Crippen LogP contribution < -0.4 is 10.5 Å². The van der Waals surface area contributed by atoms with E-state index in [1.807, 2.05) is 0 Å². The lowest BCUT2D eigenvalue weighted by molar-refractivity contribution is -0.274. The van der Waals surface area contributed by atoms with Crippen molar-refractivity contribution in [2.24, 2.45) is 5.73 Å². The summed E-state index contributed by atoms with van der Waals surface area (Å²) in [6.07, 6.45) is -1.66. The number of alkyl halides is 3. The Kier molecular flexibility index (Phi) is 3.40. The minimum atomic E-state index is -4.77. The van der Waals surface area contributed by atoms with E-state index in [-0.39, 0.29) is 17.2 Å². The largest absolute Gasteiger partial charge is 0.573 e. The number of rotatable bonds is 3. The van der Waals surface area contributed by atoms with Crippen LogP contribution in [0, 0.1) is 0 Å². The molecule has 0 saturated carbocycles. The number of halogens is 3. The molecule has 3 aromatic rings. The molecule has 2 N–H and O–H groups in total. The van der Waals surface area contributed by atoms with E-state index in [0.717, 1.165) is 0 Å². The quantitative estimate of drug-likeness (QED) is 0.802. The number of primary amides is 1. The number of hydrogen-bond donors (Lipinski definition) is 1. The van der Waals surface area contributed by atoms with Crippen LogP contribution in [0.5, 0.6) is 5.75 Å². The number of hydrogen-bond acceptors (Lipinski definition) is 4. The first-order valence-electron chi connectivity index (χ1n) is 6.33. The second-order valence-corrected chi connectivity index (χ2v) is 4.59. The van der Waals surface area contributed by atoms with Gasteiger partial charge in [-0.1, -0.05) is 12.1 Å². The first kappa shape index (κ1) is 14.8. The van der Waals surface area contributed by atoms with Crippen molar-refractivity contribution in [3.63, 3.8) is 0 Å². The van der Waals surface area contributed by atoms with Gasteiger partial charge in [0, 0.05) is 18.0 Å². The van der Waals surface area contributed by atoms with Gasteiger partial charge < -0.3 is 10.5 Å². The van der Waals surface area contributed by atoms with E-state index in [1.54, 1.807) is 12.3 Å². The second kappa shape index (κ2) is 5.27. The van der Waals surface area contributed by atoms with E-state index in [4.69, 9.17) is 5.73 Å². The predicted octanol–water partition coefficient (Wildman–Crippen LogP) is 2.39. The SMILES string of the molecule is NC(=O)c1ccn2cc(-c3cccc(OC(F)(F)F)c3)nc2n1. The fourth-order valence-electron chi connectivity index (χ4n) is 2.00. The van der Waals surface area contributed by atoms with E-state index in [1.165, 1.54) is 34.9 Å². The fraction of sp³-hybridized carbons (Fsp3) is 0.0714. The average Bonchev–Trinajstić information content (AvgIpc) is 2.88.